The van der Waals surface area contributed by atoms with Crippen molar-refractivity contribution in [3.63, 3.8) is 0 Å². The molecule has 0 spiro atoms. The van der Waals surface area contributed by atoms with Crippen LogP contribution in [-0.2, 0) is 9.84 Å². The third kappa shape index (κ3) is 5.04. The second-order valence-corrected chi connectivity index (χ2v) is 7.37. The lowest BCUT2D eigenvalue weighted by atomic mass is 10.0. The summed E-state index contributed by atoms with van der Waals surface area (Å²) >= 11 is 3.29. The van der Waals surface area contributed by atoms with Crippen LogP contribution in [0, 0.1) is 5.82 Å². The highest BCUT2D eigenvalue weighted by Gasteiger charge is 2.17. The SMILES string of the molecule is CCNC(CCS(C)(=O)=O)c1cc(Br)ccc1F. The first-order chi connectivity index (χ1) is 8.33. The van der Waals surface area contributed by atoms with Crippen LogP contribution in [0.15, 0.2) is 22.7 Å². The number of hydrogen-bond acceptors (Lipinski definition) is 3. The van der Waals surface area contributed by atoms with E-state index in [1.54, 1.807) is 12.1 Å². The summed E-state index contributed by atoms with van der Waals surface area (Å²) in [7, 11) is -3.04. The summed E-state index contributed by atoms with van der Waals surface area (Å²) in [5.41, 5.74) is 0.495. The Morgan fingerprint density at radius 1 is 1.44 bits per heavy atom. The van der Waals surface area contributed by atoms with Crippen molar-refractivity contribution in [2.75, 3.05) is 18.6 Å². The minimum Gasteiger partial charge on any atom is -0.310 e. The van der Waals surface area contributed by atoms with E-state index in [9.17, 15) is 12.8 Å². The molecule has 1 N–H and O–H groups in total. The van der Waals surface area contributed by atoms with Crippen LogP contribution in [0.4, 0.5) is 4.39 Å². The van der Waals surface area contributed by atoms with E-state index >= 15 is 0 Å². The molecule has 0 saturated heterocycles. The summed E-state index contributed by atoms with van der Waals surface area (Å²) < 4.78 is 36.9. The van der Waals surface area contributed by atoms with Gasteiger partial charge in [-0.3, -0.25) is 0 Å². The number of sulfone groups is 1. The molecular formula is C12H17BrFNO2S. The molecule has 0 saturated carbocycles. The number of halogens is 2. The quantitative estimate of drug-likeness (QED) is 0.867. The van der Waals surface area contributed by atoms with Crippen molar-refractivity contribution in [3.8, 4) is 0 Å². The van der Waals surface area contributed by atoms with Crippen LogP contribution >= 0.6 is 15.9 Å². The fourth-order valence-electron chi connectivity index (χ4n) is 1.73. The fraction of sp³-hybridized carbons (Fsp3) is 0.500. The highest BCUT2D eigenvalue weighted by atomic mass is 79.9. The van der Waals surface area contributed by atoms with Gasteiger partial charge in [-0.05, 0) is 31.2 Å². The molecule has 0 radical (unpaired) electrons. The minimum atomic E-state index is -3.04. The lowest BCUT2D eigenvalue weighted by Gasteiger charge is -2.18. The van der Waals surface area contributed by atoms with Crippen LogP contribution in [0.1, 0.15) is 24.9 Å². The average Bonchev–Trinajstić information content (AvgIpc) is 2.26. The zero-order valence-electron chi connectivity index (χ0n) is 10.4. The van der Waals surface area contributed by atoms with Gasteiger partial charge in [0.1, 0.15) is 15.7 Å². The molecule has 0 bridgehead atoms. The monoisotopic (exact) mass is 337 g/mol. The normalized spacial score (nSPS) is 13.6. The van der Waals surface area contributed by atoms with Crippen molar-refractivity contribution in [2.45, 2.75) is 19.4 Å². The van der Waals surface area contributed by atoms with Gasteiger partial charge in [0.05, 0.1) is 5.75 Å². The maximum absolute atomic E-state index is 13.8. The molecule has 102 valence electrons. The molecule has 3 nitrogen and oxygen atoms in total. The van der Waals surface area contributed by atoms with E-state index < -0.39 is 9.84 Å². The van der Waals surface area contributed by atoms with E-state index in [1.807, 2.05) is 6.92 Å². The van der Waals surface area contributed by atoms with E-state index in [-0.39, 0.29) is 17.6 Å². The fourth-order valence-corrected chi connectivity index (χ4v) is 2.77. The Bertz CT molecular complexity index is 505. The third-order valence-corrected chi connectivity index (χ3v) is 4.03. The summed E-state index contributed by atoms with van der Waals surface area (Å²) in [5, 5.41) is 3.11. The zero-order chi connectivity index (χ0) is 13.8. The predicted molar refractivity (Wildman–Crippen MR) is 74.8 cm³/mol. The maximum Gasteiger partial charge on any atom is 0.147 e. The largest absolute Gasteiger partial charge is 0.310 e. The Kier molecular flexibility index (Phi) is 5.75. The van der Waals surface area contributed by atoms with Crippen LogP contribution in [0.3, 0.4) is 0 Å². The summed E-state index contributed by atoms with van der Waals surface area (Å²) in [4.78, 5) is 0. The van der Waals surface area contributed by atoms with Crippen LogP contribution in [0.25, 0.3) is 0 Å². The predicted octanol–water partition coefficient (Wildman–Crippen LogP) is 2.67. The second kappa shape index (κ2) is 6.63. The maximum atomic E-state index is 13.8. The Morgan fingerprint density at radius 2 is 2.11 bits per heavy atom. The lowest BCUT2D eigenvalue weighted by molar-refractivity contribution is 0.497. The minimum absolute atomic E-state index is 0.0383. The van der Waals surface area contributed by atoms with Gasteiger partial charge >= 0.3 is 0 Å². The van der Waals surface area contributed by atoms with Gasteiger partial charge in [0.25, 0.3) is 0 Å². The molecule has 1 aromatic carbocycles. The van der Waals surface area contributed by atoms with Crippen LogP contribution in [0.2, 0.25) is 0 Å². The number of rotatable bonds is 6. The van der Waals surface area contributed by atoms with Crippen molar-refractivity contribution in [1.82, 2.24) is 5.32 Å². The molecule has 0 fully saturated rings. The van der Waals surface area contributed by atoms with E-state index in [0.29, 0.717) is 18.5 Å². The first kappa shape index (κ1) is 15.6. The molecule has 1 atom stereocenters. The topological polar surface area (TPSA) is 46.2 Å². The van der Waals surface area contributed by atoms with Crippen molar-refractivity contribution in [2.24, 2.45) is 0 Å². The molecule has 1 rings (SSSR count). The Balaban J connectivity index is 2.93. The standard InChI is InChI=1S/C12H17BrFNO2S/c1-3-15-12(6-7-18(2,16)17)10-8-9(13)4-5-11(10)14/h4-5,8,12,15H,3,6-7H2,1-2H3. The number of benzene rings is 1. The van der Waals surface area contributed by atoms with Crippen LogP contribution in [-0.4, -0.2) is 27.0 Å². The molecule has 0 heterocycles. The summed E-state index contributed by atoms with van der Waals surface area (Å²) in [5.74, 6) is -0.283. The lowest BCUT2D eigenvalue weighted by Crippen LogP contribution is -2.24. The molecule has 1 unspecified atom stereocenters. The summed E-state index contributed by atoms with van der Waals surface area (Å²) in [6.45, 7) is 2.56. The molecular weight excluding hydrogens is 321 g/mol. The van der Waals surface area contributed by atoms with Crippen molar-refractivity contribution >= 4 is 25.8 Å². The molecule has 0 amide bonds. The van der Waals surface area contributed by atoms with E-state index in [4.69, 9.17) is 0 Å². The van der Waals surface area contributed by atoms with Gasteiger partial charge in [-0.25, -0.2) is 12.8 Å². The Labute approximate surface area is 116 Å². The summed E-state index contributed by atoms with van der Waals surface area (Å²) in [6, 6.07) is 4.40. The van der Waals surface area contributed by atoms with Crippen molar-refractivity contribution in [3.05, 3.63) is 34.1 Å². The molecule has 0 aliphatic rings. The number of nitrogens with one attached hydrogen (secondary N) is 1. The van der Waals surface area contributed by atoms with Crippen LogP contribution < -0.4 is 5.32 Å². The Morgan fingerprint density at radius 3 is 2.67 bits per heavy atom. The highest BCUT2D eigenvalue weighted by Crippen LogP contribution is 2.24. The zero-order valence-corrected chi connectivity index (χ0v) is 12.8. The van der Waals surface area contributed by atoms with Gasteiger partial charge in [-0.2, -0.15) is 0 Å². The van der Waals surface area contributed by atoms with Crippen molar-refractivity contribution in [1.29, 1.82) is 0 Å². The molecule has 0 aliphatic carbocycles. The number of hydrogen-bond donors (Lipinski definition) is 1. The van der Waals surface area contributed by atoms with Gasteiger partial charge in [0.2, 0.25) is 0 Å². The summed E-state index contributed by atoms with van der Waals surface area (Å²) in [6.07, 6.45) is 1.55. The molecule has 6 heteroatoms. The third-order valence-electron chi connectivity index (χ3n) is 2.56. The Hall–Kier alpha value is -0.460. The molecule has 18 heavy (non-hydrogen) atoms. The van der Waals surface area contributed by atoms with Gasteiger partial charge in [0.15, 0.2) is 0 Å². The van der Waals surface area contributed by atoms with Gasteiger partial charge in [-0.1, -0.05) is 22.9 Å². The highest BCUT2D eigenvalue weighted by molar-refractivity contribution is 9.10. The molecule has 0 aromatic heterocycles. The van der Waals surface area contributed by atoms with E-state index in [1.165, 1.54) is 12.3 Å². The second-order valence-electron chi connectivity index (χ2n) is 4.19. The smallest absolute Gasteiger partial charge is 0.147 e. The van der Waals surface area contributed by atoms with Gasteiger partial charge < -0.3 is 5.32 Å². The van der Waals surface area contributed by atoms with Gasteiger partial charge in [-0.15, -0.1) is 0 Å². The molecule has 0 aliphatic heterocycles. The van der Waals surface area contributed by atoms with Crippen LogP contribution in [0.5, 0.6) is 0 Å². The molecule has 1 aromatic rings. The first-order valence-corrected chi connectivity index (χ1v) is 8.55. The van der Waals surface area contributed by atoms with E-state index in [0.717, 1.165) is 4.47 Å². The van der Waals surface area contributed by atoms with Crippen molar-refractivity contribution < 1.29 is 12.8 Å². The first-order valence-electron chi connectivity index (χ1n) is 5.69. The van der Waals surface area contributed by atoms with Gasteiger partial charge in [0, 0.05) is 22.3 Å². The van der Waals surface area contributed by atoms with E-state index in [2.05, 4.69) is 21.2 Å². The average molecular weight is 338 g/mol.